The third-order valence-electron chi connectivity index (χ3n) is 2.84. The maximum atomic E-state index is 12.9. The fourth-order valence-corrected chi connectivity index (χ4v) is 1.87. The largest absolute Gasteiger partial charge is 0.493 e. The van der Waals surface area contributed by atoms with Crippen molar-refractivity contribution < 1.29 is 28.2 Å². The lowest BCUT2D eigenvalue weighted by Crippen LogP contribution is -1.97. The second-order valence-corrected chi connectivity index (χ2v) is 4.08. The molecule has 0 spiro atoms. The molecule has 1 aromatic carbocycles. The summed E-state index contributed by atoms with van der Waals surface area (Å²) < 4.78 is 36.0. The Morgan fingerprint density at radius 3 is 2.48 bits per heavy atom. The summed E-state index contributed by atoms with van der Waals surface area (Å²) in [6.45, 7) is 0. The SMILES string of the molecule is COc1cc(C(F)F)cc(-c2cc(C(=O)O)[nH]n2)c1OC. The molecule has 0 radical (unpaired) electrons. The highest BCUT2D eigenvalue weighted by Gasteiger charge is 2.20. The molecule has 1 heterocycles. The number of carboxylic acid groups (broad SMARTS) is 1. The number of H-pyrrole nitrogens is 1. The first-order valence-electron chi connectivity index (χ1n) is 5.81. The van der Waals surface area contributed by atoms with E-state index in [0.29, 0.717) is 0 Å². The maximum absolute atomic E-state index is 12.9. The lowest BCUT2D eigenvalue weighted by Gasteiger charge is -2.13. The molecule has 0 saturated heterocycles. The van der Waals surface area contributed by atoms with Crippen LogP contribution in [0.4, 0.5) is 8.78 Å². The van der Waals surface area contributed by atoms with Crippen LogP contribution >= 0.6 is 0 Å². The molecule has 0 saturated carbocycles. The normalized spacial score (nSPS) is 10.7. The number of nitrogens with one attached hydrogen (secondary N) is 1. The van der Waals surface area contributed by atoms with Gasteiger partial charge in [-0.05, 0) is 18.2 Å². The van der Waals surface area contributed by atoms with E-state index in [1.807, 2.05) is 0 Å². The molecule has 6 nitrogen and oxygen atoms in total. The van der Waals surface area contributed by atoms with Crippen LogP contribution < -0.4 is 9.47 Å². The predicted molar refractivity (Wildman–Crippen MR) is 69.0 cm³/mol. The van der Waals surface area contributed by atoms with Crippen molar-refractivity contribution in [3.63, 3.8) is 0 Å². The highest BCUT2D eigenvalue weighted by Crippen LogP contribution is 2.40. The number of ether oxygens (including phenoxy) is 2. The van der Waals surface area contributed by atoms with Gasteiger partial charge >= 0.3 is 5.97 Å². The third kappa shape index (κ3) is 2.78. The van der Waals surface area contributed by atoms with E-state index in [2.05, 4.69) is 10.2 Å². The van der Waals surface area contributed by atoms with Gasteiger partial charge in [0.05, 0.1) is 19.9 Å². The standard InChI is InChI=1S/C13H12F2N2O4/c1-20-10-4-6(12(14)15)3-7(11(10)21-2)8-5-9(13(18)19)17-16-8/h3-5,12H,1-2H3,(H,16,17)(H,18,19). The molecule has 2 N–H and O–H groups in total. The quantitative estimate of drug-likeness (QED) is 0.886. The number of carbonyl (C=O) groups is 1. The number of rotatable bonds is 5. The number of hydrogen-bond donors (Lipinski definition) is 2. The fraction of sp³-hybridized carbons (Fsp3) is 0.231. The minimum Gasteiger partial charge on any atom is -0.493 e. The van der Waals surface area contributed by atoms with Crippen LogP contribution in [0.25, 0.3) is 11.3 Å². The number of hydrogen-bond acceptors (Lipinski definition) is 4. The van der Waals surface area contributed by atoms with Crippen molar-refractivity contribution >= 4 is 5.97 Å². The third-order valence-corrected chi connectivity index (χ3v) is 2.84. The van der Waals surface area contributed by atoms with Gasteiger partial charge in [0.1, 0.15) is 5.69 Å². The summed E-state index contributed by atoms with van der Waals surface area (Å²) in [5, 5.41) is 15.0. The molecule has 0 atom stereocenters. The smallest absolute Gasteiger partial charge is 0.353 e. The van der Waals surface area contributed by atoms with Crippen LogP contribution in [-0.4, -0.2) is 35.5 Å². The minimum absolute atomic E-state index is 0.116. The van der Waals surface area contributed by atoms with Crippen molar-refractivity contribution in [2.75, 3.05) is 14.2 Å². The highest BCUT2D eigenvalue weighted by molar-refractivity contribution is 5.87. The average molecular weight is 298 g/mol. The number of nitrogens with zero attached hydrogens (tertiary/aromatic N) is 1. The number of alkyl halides is 2. The van der Waals surface area contributed by atoms with E-state index in [4.69, 9.17) is 14.6 Å². The summed E-state index contributed by atoms with van der Waals surface area (Å²) in [5.41, 5.74) is -0.0445. The summed E-state index contributed by atoms with van der Waals surface area (Å²) in [5.74, 6) is -0.889. The van der Waals surface area contributed by atoms with E-state index < -0.39 is 12.4 Å². The number of carboxylic acids is 1. The van der Waals surface area contributed by atoms with Gasteiger partial charge in [0, 0.05) is 11.1 Å². The molecule has 2 aromatic rings. The van der Waals surface area contributed by atoms with E-state index >= 15 is 0 Å². The van der Waals surface area contributed by atoms with Crippen LogP contribution in [0.15, 0.2) is 18.2 Å². The molecule has 21 heavy (non-hydrogen) atoms. The topological polar surface area (TPSA) is 84.4 Å². The molecule has 1 aromatic heterocycles. The summed E-state index contributed by atoms with van der Waals surface area (Å²) in [7, 11) is 2.68. The lowest BCUT2D eigenvalue weighted by molar-refractivity contribution is 0.0690. The van der Waals surface area contributed by atoms with Crippen LogP contribution in [0.2, 0.25) is 0 Å². The molecule has 0 unspecified atom stereocenters. The molecule has 0 aliphatic rings. The number of benzene rings is 1. The van der Waals surface area contributed by atoms with Crippen molar-refractivity contribution in [2.45, 2.75) is 6.43 Å². The van der Waals surface area contributed by atoms with E-state index in [-0.39, 0.29) is 34.0 Å². The zero-order valence-corrected chi connectivity index (χ0v) is 11.2. The Hall–Kier alpha value is -2.64. The van der Waals surface area contributed by atoms with Crippen molar-refractivity contribution in [2.24, 2.45) is 0 Å². The van der Waals surface area contributed by atoms with Crippen LogP contribution in [0.3, 0.4) is 0 Å². The van der Waals surface area contributed by atoms with E-state index in [1.54, 1.807) is 0 Å². The Kier molecular flexibility index (Phi) is 4.06. The van der Waals surface area contributed by atoms with Gasteiger partial charge in [0.25, 0.3) is 6.43 Å². The van der Waals surface area contributed by atoms with E-state index in [1.165, 1.54) is 26.4 Å². The predicted octanol–water partition coefficient (Wildman–Crippen LogP) is 2.73. The Morgan fingerprint density at radius 1 is 1.29 bits per heavy atom. The number of halogens is 2. The first-order chi connectivity index (χ1) is 9.97. The van der Waals surface area contributed by atoms with Gasteiger partial charge in [-0.25, -0.2) is 13.6 Å². The van der Waals surface area contributed by atoms with Crippen LogP contribution in [0.1, 0.15) is 22.5 Å². The molecular formula is C13H12F2N2O4. The Balaban J connectivity index is 2.63. The summed E-state index contributed by atoms with van der Waals surface area (Å²) in [6, 6.07) is 3.58. The van der Waals surface area contributed by atoms with Gasteiger partial charge in [-0.1, -0.05) is 0 Å². The molecule has 8 heteroatoms. The van der Waals surface area contributed by atoms with Gasteiger partial charge in [-0.3, -0.25) is 5.10 Å². The molecule has 0 fully saturated rings. The Bertz CT molecular complexity index is 670. The van der Waals surface area contributed by atoms with Gasteiger partial charge in [0.15, 0.2) is 11.5 Å². The van der Waals surface area contributed by atoms with Crippen LogP contribution in [-0.2, 0) is 0 Å². The van der Waals surface area contributed by atoms with Gasteiger partial charge < -0.3 is 14.6 Å². The maximum Gasteiger partial charge on any atom is 0.353 e. The van der Waals surface area contributed by atoms with Gasteiger partial charge in [-0.15, -0.1) is 0 Å². The zero-order valence-electron chi connectivity index (χ0n) is 11.2. The Morgan fingerprint density at radius 2 is 2.00 bits per heavy atom. The monoisotopic (exact) mass is 298 g/mol. The molecule has 112 valence electrons. The van der Waals surface area contributed by atoms with Crippen LogP contribution in [0.5, 0.6) is 11.5 Å². The summed E-state index contributed by atoms with van der Waals surface area (Å²) in [6.07, 6.45) is -2.71. The Labute approximate surface area is 118 Å². The molecular weight excluding hydrogens is 286 g/mol. The number of methoxy groups -OCH3 is 2. The van der Waals surface area contributed by atoms with Crippen molar-refractivity contribution in [3.8, 4) is 22.8 Å². The molecule has 0 bridgehead atoms. The lowest BCUT2D eigenvalue weighted by atomic mass is 10.1. The van der Waals surface area contributed by atoms with Crippen molar-refractivity contribution in [1.82, 2.24) is 10.2 Å². The molecule has 0 aliphatic heterocycles. The van der Waals surface area contributed by atoms with Crippen LogP contribution in [0, 0.1) is 0 Å². The summed E-state index contributed by atoms with van der Waals surface area (Å²) >= 11 is 0. The average Bonchev–Trinajstić information content (AvgIpc) is 2.95. The molecule has 0 amide bonds. The van der Waals surface area contributed by atoms with Crippen molar-refractivity contribution in [1.29, 1.82) is 0 Å². The van der Waals surface area contributed by atoms with Gasteiger partial charge in [0.2, 0.25) is 0 Å². The van der Waals surface area contributed by atoms with Crippen molar-refractivity contribution in [3.05, 3.63) is 29.5 Å². The zero-order chi connectivity index (χ0) is 15.6. The fourth-order valence-electron chi connectivity index (χ4n) is 1.87. The minimum atomic E-state index is -2.71. The second kappa shape index (κ2) is 5.78. The molecule has 0 aliphatic carbocycles. The van der Waals surface area contributed by atoms with E-state index in [0.717, 1.165) is 6.07 Å². The number of aromatic amines is 1. The number of aromatic carboxylic acids is 1. The summed E-state index contributed by atoms with van der Waals surface area (Å²) in [4.78, 5) is 10.9. The first-order valence-corrected chi connectivity index (χ1v) is 5.81. The molecule has 2 rings (SSSR count). The first kappa shape index (κ1) is 14.8. The number of aromatic nitrogens is 2. The van der Waals surface area contributed by atoms with E-state index in [9.17, 15) is 13.6 Å². The second-order valence-electron chi connectivity index (χ2n) is 4.08. The van der Waals surface area contributed by atoms with Gasteiger partial charge in [-0.2, -0.15) is 5.10 Å². The highest BCUT2D eigenvalue weighted by atomic mass is 19.3.